The normalized spacial score (nSPS) is 25.2. The number of anilines is 1. The van der Waals surface area contributed by atoms with E-state index >= 15 is 0 Å². The van der Waals surface area contributed by atoms with E-state index in [-0.39, 0.29) is 16.6 Å². The Labute approximate surface area is 172 Å². The molecule has 3 aliphatic carbocycles. The highest BCUT2D eigenvalue weighted by molar-refractivity contribution is 7.89. The molecule has 1 aromatic rings. The number of nitro benzene ring substituents is 1. The minimum atomic E-state index is -3.97. The number of nitrogens with zero attached hydrogens (tertiary/aromatic N) is 2. The van der Waals surface area contributed by atoms with Crippen LogP contribution in [0.15, 0.2) is 23.1 Å². The number of rotatable bonds is 9. The molecule has 0 aliphatic heterocycles. The van der Waals surface area contributed by atoms with Crippen LogP contribution in [0.4, 0.5) is 11.4 Å². The molecule has 3 N–H and O–H groups in total. The van der Waals surface area contributed by atoms with Crippen molar-refractivity contribution in [2.75, 3.05) is 18.4 Å². The third-order valence-electron chi connectivity index (χ3n) is 6.45. The second kappa shape index (κ2) is 8.20. The van der Waals surface area contributed by atoms with Crippen molar-refractivity contribution in [3.63, 3.8) is 0 Å². The third kappa shape index (κ3) is 5.46. The summed E-state index contributed by atoms with van der Waals surface area (Å²) in [6, 6.07) is 4.60. The highest BCUT2D eigenvalue weighted by Crippen LogP contribution is 2.37. The van der Waals surface area contributed by atoms with Crippen LogP contribution in [0, 0.1) is 22.0 Å². The summed E-state index contributed by atoms with van der Waals surface area (Å²) in [5, 5.41) is 19.8. The van der Waals surface area contributed by atoms with Gasteiger partial charge >= 0.3 is 0 Å². The Morgan fingerprint density at radius 2 is 1.62 bits per heavy atom. The van der Waals surface area contributed by atoms with Crippen molar-refractivity contribution in [1.29, 1.82) is 0 Å². The summed E-state index contributed by atoms with van der Waals surface area (Å²) >= 11 is 0. The van der Waals surface area contributed by atoms with E-state index in [0.717, 1.165) is 43.6 Å². The maximum absolute atomic E-state index is 11.5. The molecule has 1 aromatic carbocycles. The lowest BCUT2D eigenvalue weighted by Gasteiger charge is -2.37. The molecule has 0 heterocycles. The Balaban J connectivity index is 1.38. The summed E-state index contributed by atoms with van der Waals surface area (Å²) in [6.07, 6.45) is 9.61. The number of nitrogens with one attached hydrogen (secondary N) is 1. The van der Waals surface area contributed by atoms with Crippen LogP contribution in [0.25, 0.3) is 0 Å². The summed E-state index contributed by atoms with van der Waals surface area (Å²) in [4.78, 5) is 13.3. The molecular formula is C20H30N4O4S. The van der Waals surface area contributed by atoms with Crippen LogP contribution in [0.1, 0.15) is 51.4 Å². The van der Waals surface area contributed by atoms with Crippen LogP contribution in [0.2, 0.25) is 0 Å². The number of nitro groups is 1. The van der Waals surface area contributed by atoms with Gasteiger partial charge < -0.3 is 5.32 Å². The summed E-state index contributed by atoms with van der Waals surface area (Å²) in [5.41, 5.74) is 0.112. The van der Waals surface area contributed by atoms with E-state index < -0.39 is 14.9 Å². The molecule has 160 valence electrons. The molecule has 0 amide bonds. The molecule has 4 rings (SSSR count). The van der Waals surface area contributed by atoms with E-state index in [1.807, 2.05) is 0 Å². The molecule has 0 atom stereocenters. The van der Waals surface area contributed by atoms with E-state index in [4.69, 9.17) is 5.14 Å². The first-order valence-electron chi connectivity index (χ1n) is 10.6. The van der Waals surface area contributed by atoms with Crippen molar-refractivity contribution >= 4 is 21.4 Å². The van der Waals surface area contributed by atoms with Crippen LogP contribution >= 0.6 is 0 Å². The second-order valence-corrected chi connectivity index (χ2v) is 10.5. The molecule has 9 heteroatoms. The monoisotopic (exact) mass is 422 g/mol. The SMILES string of the molecule is NS(=O)(=O)c1ccc(N[C@H]2CC[C@H](N(CC3CC3)CC3CC3)CC2)c([N+](=O)[O-])c1. The fourth-order valence-corrected chi connectivity index (χ4v) is 4.94. The molecule has 0 spiro atoms. The van der Waals surface area contributed by atoms with Crippen molar-refractivity contribution in [2.24, 2.45) is 17.0 Å². The van der Waals surface area contributed by atoms with Crippen molar-refractivity contribution in [3.05, 3.63) is 28.3 Å². The van der Waals surface area contributed by atoms with Crippen LogP contribution in [-0.4, -0.2) is 43.4 Å². The standard InChI is InChI=1S/C20H30N4O4S/c21-29(27,28)18-9-10-19(20(11-18)24(25)26)22-16-5-7-17(8-6-16)23(12-14-1-2-14)13-15-3-4-15/h9-11,14-17,22H,1-8,12-13H2,(H2,21,27,28)/t16-,17-. The Hall–Kier alpha value is -1.71. The molecule has 3 aliphatic rings. The van der Waals surface area contributed by atoms with Gasteiger partial charge in [0.05, 0.1) is 9.82 Å². The first-order valence-corrected chi connectivity index (χ1v) is 12.2. The second-order valence-electron chi connectivity index (χ2n) is 8.97. The van der Waals surface area contributed by atoms with Crippen LogP contribution in [-0.2, 0) is 10.0 Å². The zero-order valence-corrected chi connectivity index (χ0v) is 17.4. The van der Waals surface area contributed by atoms with Gasteiger partial charge in [0.25, 0.3) is 5.69 Å². The van der Waals surface area contributed by atoms with Gasteiger partial charge in [0, 0.05) is 31.2 Å². The number of nitrogens with two attached hydrogens (primary N) is 1. The molecule has 0 aromatic heterocycles. The lowest BCUT2D eigenvalue weighted by molar-refractivity contribution is -0.384. The predicted molar refractivity (Wildman–Crippen MR) is 111 cm³/mol. The molecule has 8 nitrogen and oxygen atoms in total. The van der Waals surface area contributed by atoms with Crippen molar-refractivity contribution in [1.82, 2.24) is 4.90 Å². The molecule has 3 fully saturated rings. The molecule has 3 saturated carbocycles. The topological polar surface area (TPSA) is 119 Å². The van der Waals surface area contributed by atoms with Gasteiger partial charge in [-0.2, -0.15) is 0 Å². The predicted octanol–water partition coefficient (Wildman–Crippen LogP) is 3.09. The molecule has 0 saturated heterocycles. The molecule has 0 unspecified atom stereocenters. The summed E-state index contributed by atoms with van der Waals surface area (Å²) in [6.45, 7) is 2.47. The summed E-state index contributed by atoms with van der Waals surface area (Å²) in [7, 11) is -3.97. The highest BCUT2D eigenvalue weighted by atomic mass is 32.2. The number of primary sulfonamides is 1. The Morgan fingerprint density at radius 1 is 1.03 bits per heavy atom. The van der Waals surface area contributed by atoms with Crippen LogP contribution < -0.4 is 10.5 Å². The zero-order valence-electron chi connectivity index (χ0n) is 16.6. The van der Waals surface area contributed by atoms with E-state index in [2.05, 4.69) is 10.2 Å². The van der Waals surface area contributed by atoms with E-state index in [1.54, 1.807) is 0 Å². The average Bonchev–Trinajstić information content (AvgIpc) is 3.57. The molecule has 0 bridgehead atoms. The maximum Gasteiger partial charge on any atom is 0.293 e. The van der Waals surface area contributed by atoms with Gasteiger partial charge in [-0.05, 0) is 75.3 Å². The number of hydrogen-bond acceptors (Lipinski definition) is 6. The zero-order chi connectivity index (χ0) is 20.6. The maximum atomic E-state index is 11.5. The molecule has 0 radical (unpaired) electrons. The number of hydrogen-bond donors (Lipinski definition) is 2. The smallest absolute Gasteiger partial charge is 0.293 e. The minimum Gasteiger partial charge on any atom is -0.377 e. The first-order chi connectivity index (χ1) is 13.8. The number of sulfonamides is 1. The number of benzene rings is 1. The molecule has 29 heavy (non-hydrogen) atoms. The van der Waals surface area contributed by atoms with Crippen molar-refractivity contribution in [3.8, 4) is 0 Å². The van der Waals surface area contributed by atoms with E-state index in [1.165, 1.54) is 50.9 Å². The summed E-state index contributed by atoms with van der Waals surface area (Å²) in [5.74, 6) is 1.79. The quantitative estimate of drug-likeness (QED) is 0.466. The van der Waals surface area contributed by atoms with Crippen molar-refractivity contribution in [2.45, 2.75) is 68.3 Å². The van der Waals surface area contributed by atoms with E-state index in [0.29, 0.717) is 11.7 Å². The van der Waals surface area contributed by atoms with Gasteiger partial charge in [0.1, 0.15) is 5.69 Å². The van der Waals surface area contributed by atoms with Gasteiger partial charge in [0.2, 0.25) is 10.0 Å². The fraction of sp³-hybridized carbons (Fsp3) is 0.700. The average molecular weight is 423 g/mol. The van der Waals surface area contributed by atoms with Gasteiger partial charge in [0.15, 0.2) is 0 Å². The van der Waals surface area contributed by atoms with Crippen LogP contribution in [0.5, 0.6) is 0 Å². The van der Waals surface area contributed by atoms with Gasteiger partial charge in [-0.1, -0.05) is 0 Å². The summed E-state index contributed by atoms with van der Waals surface area (Å²) < 4.78 is 23.0. The lowest BCUT2D eigenvalue weighted by atomic mass is 9.89. The Kier molecular flexibility index (Phi) is 5.81. The fourth-order valence-electron chi connectivity index (χ4n) is 4.40. The van der Waals surface area contributed by atoms with Crippen LogP contribution in [0.3, 0.4) is 0 Å². The van der Waals surface area contributed by atoms with Crippen molar-refractivity contribution < 1.29 is 13.3 Å². The Bertz CT molecular complexity index is 845. The lowest BCUT2D eigenvalue weighted by Crippen LogP contribution is -2.42. The van der Waals surface area contributed by atoms with E-state index in [9.17, 15) is 18.5 Å². The van der Waals surface area contributed by atoms with Gasteiger partial charge in [-0.25, -0.2) is 13.6 Å². The first kappa shape index (κ1) is 20.6. The minimum absolute atomic E-state index is 0.161. The highest BCUT2D eigenvalue weighted by Gasteiger charge is 2.34. The molecular weight excluding hydrogens is 392 g/mol. The Morgan fingerprint density at radius 3 is 2.10 bits per heavy atom. The van der Waals surface area contributed by atoms with Gasteiger partial charge in [-0.3, -0.25) is 15.0 Å². The third-order valence-corrected chi connectivity index (χ3v) is 7.36. The van der Waals surface area contributed by atoms with Gasteiger partial charge in [-0.15, -0.1) is 0 Å². The largest absolute Gasteiger partial charge is 0.377 e.